The molecule has 2 aromatic carbocycles. The van der Waals surface area contributed by atoms with E-state index in [1.165, 1.54) is 49.0 Å². The molecule has 0 spiro atoms. The van der Waals surface area contributed by atoms with Crippen LogP contribution in [0.15, 0.2) is 52.1 Å². The average molecular weight is 415 g/mol. The van der Waals surface area contributed by atoms with Gasteiger partial charge in [0.25, 0.3) is 16.6 Å². The van der Waals surface area contributed by atoms with Crippen molar-refractivity contribution in [1.29, 1.82) is 0 Å². The standard InChI is InChI=1S/C17H13N5O6S/c1-10(23)18-13-6-12(7-15(8-13)22(26)27)16-19-20-17(28-16)29-9-11-2-4-14(5-3-11)21(24)25/h2-8H,9H2,1H3,(H,18,23). The minimum atomic E-state index is -0.588. The van der Waals surface area contributed by atoms with Crippen molar-refractivity contribution in [3.05, 3.63) is 68.3 Å². The molecule has 0 unspecified atom stereocenters. The van der Waals surface area contributed by atoms with E-state index in [0.717, 1.165) is 5.56 Å². The van der Waals surface area contributed by atoms with E-state index in [-0.39, 0.29) is 39.6 Å². The van der Waals surface area contributed by atoms with Gasteiger partial charge in [-0.2, -0.15) is 0 Å². The number of hydrogen-bond acceptors (Lipinski definition) is 9. The summed E-state index contributed by atoms with van der Waals surface area (Å²) in [6.07, 6.45) is 0. The second-order valence-corrected chi connectivity index (χ2v) is 6.72. The van der Waals surface area contributed by atoms with Crippen LogP contribution < -0.4 is 5.32 Å². The van der Waals surface area contributed by atoms with Crippen molar-refractivity contribution < 1.29 is 19.1 Å². The molecular formula is C17H13N5O6S. The third-order valence-corrected chi connectivity index (χ3v) is 4.50. The first-order valence-electron chi connectivity index (χ1n) is 8.09. The molecule has 0 atom stereocenters. The van der Waals surface area contributed by atoms with Gasteiger partial charge in [0.1, 0.15) is 0 Å². The van der Waals surface area contributed by atoms with Crippen LogP contribution >= 0.6 is 11.8 Å². The number of hydrogen-bond donors (Lipinski definition) is 1. The van der Waals surface area contributed by atoms with E-state index >= 15 is 0 Å². The first-order chi connectivity index (χ1) is 13.8. The zero-order chi connectivity index (χ0) is 21.0. The maximum Gasteiger partial charge on any atom is 0.277 e. The highest BCUT2D eigenvalue weighted by atomic mass is 32.2. The quantitative estimate of drug-likeness (QED) is 0.344. The molecule has 1 amide bonds. The lowest BCUT2D eigenvalue weighted by Gasteiger charge is -2.04. The SMILES string of the molecule is CC(=O)Nc1cc(-c2nnc(SCc3ccc([N+](=O)[O-])cc3)o2)cc([N+](=O)[O-])c1. The molecule has 1 aromatic heterocycles. The Hall–Kier alpha value is -3.80. The summed E-state index contributed by atoms with van der Waals surface area (Å²) < 4.78 is 5.55. The number of amides is 1. The molecule has 12 heteroatoms. The number of nitro benzene ring substituents is 2. The molecule has 0 bridgehead atoms. The highest BCUT2D eigenvalue weighted by Gasteiger charge is 2.16. The van der Waals surface area contributed by atoms with Crippen LogP contribution in [0.4, 0.5) is 17.1 Å². The average Bonchev–Trinajstić information content (AvgIpc) is 3.15. The molecule has 0 aliphatic carbocycles. The number of non-ortho nitro benzene ring substituents is 2. The third-order valence-electron chi connectivity index (χ3n) is 3.61. The number of aromatic nitrogens is 2. The van der Waals surface area contributed by atoms with Gasteiger partial charge in [0.2, 0.25) is 11.8 Å². The van der Waals surface area contributed by atoms with Gasteiger partial charge >= 0.3 is 0 Å². The molecule has 1 heterocycles. The largest absolute Gasteiger partial charge is 0.411 e. The lowest BCUT2D eigenvalue weighted by molar-refractivity contribution is -0.385. The molecule has 0 radical (unpaired) electrons. The first-order valence-corrected chi connectivity index (χ1v) is 9.07. The minimum absolute atomic E-state index is 0.000488. The van der Waals surface area contributed by atoms with Crippen LogP contribution in [0.2, 0.25) is 0 Å². The fourth-order valence-electron chi connectivity index (χ4n) is 2.36. The maximum absolute atomic E-state index is 11.3. The number of nitrogens with one attached hydrogen (secondary N) is 1. The van der Waals surface area contributed by atoms with Crippen LogP contribution in [0.3, 0.4) is 0 Å². The van der Waals surface area contributed by atoms with Crippen molar-refractivity contribution in [3.63, 3.8) is 0 Å². The molecule has 0 saturated carbocycles. The maximum atomic E-state index is 11.3. The predicted octanol–water partition coefficient (Wildman–Crippen LogP) is 3.80. The van der Waals surface area contributed by atoms with Crippen LogP contribution in [-0.2, 0) is 10.5 Å². The third kappa shape index (κ3) is 5.13. The van der Waals surface area contributed by atoms with Gasteiger partial charge in [0, 0.05) is 48.2 Å². The molecule has 29 heavy (non-hydrogen) atoms. The Kier molecular flexibility index (Phi) is 5.83. The van der Waals surface area contributed by atoms with Crippen LogP contribution in [-0.4, -0.2) is 26.0 Å². The van der Waals surface area contributed by atoms with Crippen molar-refractivity contribution in [3.8, 4) is 11.5 Å². The number of nitro groups is 2. The van der Waals surface area contributed by atoms with Gasteiger partial charge in [0.05, 0.1) is 9.85 Å². The topological polar surface area (TPSA) is 154 Å². The van der Waals surface area contributed by atoms with Crippen molar-refractivity contribution >= 4 is 34.7 Å². The molecule has 0 aliphatic heterocycles. The molecule has 3 aromatic rings. The van der Waals surface area contributed by atoms with E-state index in [9.17, 15) is 25.0 Å². The van der Waals surface area contributed by atoms with E-state index < -0.39 is 9.85 Å². The van der Waals surface area contributed by atoms with Gasteiger partial charge in [-0.05, 0) is 11.6 Å². The van der Waals surface area contributed by atoms with E-state index in [1.807, 2.05) is 0 Å². The normalized spacial score (nSPS) is 10.5. The number of carbonyl (C=O) groups excluding carboxylic acids is 1. The second kappa shape index (κ2) is 8.48. The Balaban J connectivity index is 1.76. The molecule has 0 saturated heterocycles. The van der Waals surface area contributed by atoms with Gasteiger partial charge in [0.15, 0.2) is 0 Å². The van der Waals surface area contributed by atoms with E-state index in [1.54, 1.807) is 12.1 Å². The Morgan fingerprint density at radius 3 is 2.38 bits per heavy atom. The number of benzene rings is 2. The molecule has 3 rings (SSSR count). The Morgan fingerprint density at radius 1 is 1.07 bits per heavy atom. The van der Waals surface area contributed by atoms with Crippen molar-refractivity contribution in [1.82, 2.24) is 10.2 Å². The van der Waals surface area contributed by atoms with E-state index in [4.69, 9.17) is 4.42 Å². The summed E-state index contributed by atoms with van der Waals surface area (Å²) >= 11 is 1.21. The van der Waals surface area contributed by atoms with Gasteiger partial charge in [-0.1, -0.05) is 23.9 Å². The van der Waals surface area contributed by atoms with Crippen molar-refractivity contribution in [2.75, 3.05) is 5.32 Å². The monoisotopic (exact) mass is 415 g/mol. The fraction of sp³-hybridized carbons (Fsp3) is 0.118. The van der Waals surface area contributed by atoms with Crippen molar-refractivity contribution in [2.24, 2.45) is 0 Å². The van der Waals surface area contributed by atoms with Crippen LogP contribution in [0.5, 0.6) is 0 Å². The zero-order valence-corrected chi connectivity index (χ0v) is 15.7. The summed E-state index contributed by atoms with van der Waals surface area (Å²) in [5, 5.41) is 32.3. The highest BCUT2D eigenvalue weighted by Crippen LogP contribution is 2.30. The van der Waals surface area contributed by atoms with Crippen LogP contribution in [0, 0.1) is 20.2 Å². The number of anilines is 1. The minimum Gasteiger partial charge on any atom is -0.411 e. The summed E-state index contributed by atoms with van der Waals surface area (Å²) in [4.78, 5) is 32.0. The Bertz CT molecular complexity index is 1080. The Labute approximate surface area is 167 Å². The Morgan fingerprint density at radius 2 is 1.76 bits per heavy atom. The van der Waals surface area contributed by atoms with Crippen molar-refractivity contribution in [2.45, 2.75) is 17.9 Å². The number of thioether (sulfide) groups is 1. The van der Waals surface area contributed by atoms with Gasteiger partial charge in [-0.15, -0.1) is 10.2 Å². The number of nitrogens with zero attached hydrogens (tertiary/aromatic N) is 4. The lowest BCUT2D eigenvalue weighted by atomic mass is 10.1. The molecule has 1 N–H and O–H groups in total. The van der Waals surface area contributed by atoms with E-state index in [0.29, 0.717) is 5.75 Å². The molecular weight excluding hydrogens is 402 g/mol. The van der Waals surface area contributed by atoms with E-state index in [2.05, 4.69) is 15.5 Å². The number of rotatable bonds is 7. The summed E-state index contributed by atoms with van der Waals surface area (Å²) in [6, 6.07) is 10.1. The summed E-state index contributed by atoms with van der Waals surface area (Å²) in [7, 11) is 0. The lowest BCUT2D eigenvalue weighted by Crippen LogP contribution is -2.06. The molecule has 11 nitrogen and oxygen atoms in total. The molecule has 148 valence electrons. The predicted molar refractivity (Wildman–Crippen MR) is 103 cm³/mol. The highest BCUT2D eigenvalue weighted by molar-refractivity contribution is 7.98. The van der Waals surface area contributed by atoms with Crippen LogP contribution in [0.25, 0.3) is 11.5 Å². The van der Waals surface area contributed by atoms with Gasteiger partial charge in [-0.3, -0.25) is 25.0 Å². The molecule has 0 fully saturated rings. The van der Waals surface area contributed by atoms with Gasteiger partial charge in [-0.25, -0.2) is 0 Å². The summed E-state index contributed by atoms with van der Waals surface area (Å²) in [5.74, 6) is 0.124. The zero-order valence-electron chi connectivity index (χ0n) is 14.9. The smallest absolute Gasteiger partial charge is 0.277 e. The first kappa shape index (κ1) is 19.9. The number of carbonyl (C=O) groups is 1. The summed E-state index contributed by atoms with van der Waals surface area (Å²) in [5.41, 5.74) is 1.12. The van der Waals surface area contributed by atoms with Crippen LogP contribution in [0.1, 0.15) is 12.5 Å². The second-order valence-electron chi connectivity index (χ2n) is 5.79. The molecule has 0 aliphatic rings. The van der Waals surface area contributed by atoms with Gasteiger partial charge < -0.3 is 9.73 Å². The summed E-state index contributed by atoms with van der Waals surface area (Å²) in [6.45, 7) is 1.29. The fourth-order valence-corrected chi connectivity index (χ4v) is 3.08.